The molecular formula is C12H17BrN2O. The van der Waals surface area contributed by atoms with E-state index in [-0.39, 0.29) is 5.78 Å². The average Bonchev–Trinajstić information content (AvgIpc) is 2.28. The summed E-state index contributed by atoms with van der Waals surface area (Å²) in [6.45, 7) is 4.00. The molecule has 1 aromatic rings. The van der Waals surface area contributed by atoms with E-state index in [1.807, 2.05) is 27.9 Å². The summed E-state index contributed by atoms with van der Waals surface area (Å²) in [5.74, 6) is -0.0972. The van der Waals surface area contributed by atoms with Crippen molar-refractivity contribution in [1.29, 1.82) is 0 Å². The van der Waals surface area contributed by atoms with Crippen LogP contribution < -0.4 is 0 Å². The highest BCUT2D eigenvalue weighted by atomic mass is 79.9. The molecule has 0 radical (unpaired) electrons. The number of hydrogen-bond acceptors (Lipinski definition) is 3. The van der Waals surface area contributed by atoms with Gasteiger partial charge in [0.1, 0.15) is 5.69 Å². The zero-order chi connectivity index (χ0) is 12.6. The quantitative estimate of drug-likeness (QED) is 0.632. The fourth-order valence-electron chi connectivity index (χ4n) is 0.842. The van der Waals surface area contributed by atoms with Crippen molar-refractivity contribution in [2.24, 2.45) is 0 Å². The minimum Gasteiger partial charge on any atom is -0.383 e. The third-order valence-corrected chi connectivity index (χ3v) is 1.99. The van der Waals surface area contributed by atoms with E-state index in [1.165, 1.54) is 6.08 Å². The molecule has 0 atom stereocenters. The van der Waals surface area contributed by atoms with Crippen LogP contribution in [0.1, 0.15) is 24.3 Å². The number of halogens is 1. The predicted octanol–water partition coefficient (Wildman–Crippen LogP) is 3.13. The van der Waals surface area contributed by atoms with E-state index in [4.69, 9.17) is 0 Å². The Morgan fingerprint density at radius 3 is 2.56 bits per heavy atom. The SMILES string of the molecule is CC.CN(C)/C=C/C(=O)c1cc(Br)ccn1. The summed E-state index contributed by atoms with van der Waals surface area (Å²) in [5.41, 5.74) is 0.442. The Labute approximate surface area is 105 Å². The summed E-state index contributed by atoms with van der Waals surface area (Å²) < 4.78 is 0.856. The van der Waals surface area contributed by atoms with E-state index in [0.29, 0.717) is 5.69 Å². The second-order valence-electron chi connectivity index (χ2n) is 3.00. The molecule has 0 fully saturated rings. The van der Waals surface area contributed by atoms with Crippen LogP contribution in [0.5, 0.6) is 0 Å². The van der Waals surface area contributed by atoms with Crippen LogP contribution in [0.2, 0.25) is 0 Å². The smallest absolute Gasteiger partial charge is 0.205 e. The molecule has 1 rings (SSSR count). The Morgan fingerprint density at radius 2 is 2.06 bits per heavy atom. The largest absolute Gasteiger partial charge is 0.383 e. The van der Waals surface area contributed by atoms with Crippen molar-refractivity contribution >= 4 is 21.7 Å². The molecule has 0 saturated carbocycles. The summed E-state index contributed by atoms with van der Waals surface area (Å²) in [4.78, 5) is 17.3. The lowest BCUT2D eigenvalue weighted by Crippen LogP contribution is -2.04. The molecule has 0 aromatic carbocycles. The number of ketones is 1. The van der Waals surface area contributed by atoms with E-state index in [9.17, 15) is 4.79 Å². The molecule has 0 bridgehead atoms. The Hall–Kier alpha value is -1.16. The van der Waals surface area contributed by atoms with Crippen molar-refractivity contribution < 1.29 is 4.79 Å². The van der Waals surface area contributed by atoms with E-state index in [1.54, 1.807) is 29.4 Å². The summed E-state index contributed by atoms with van der Waals surface area (Å²) >= 11 is 3.28. The molecule has 0 aliphatic rings. The summed E-state index contributed by atoms with van der Waals surface area (Å²) in [5, 5.41) is 0. The maximum absolute atomic E-state index is 11.5. The second-order valence-corrected chi connectivity index (χ2v) is 3.92. The van der Waals surface area contributed by atoms with Gasteiger partial charge in [0.2, 0.25) is 5.78 Å². The van der Waals surface area contributed by atoms with E-state index < -0.39 is 0 Å². The van der Waals surface area contributed by atoms with Crippen molar-refractivity contribution in [3.05, 3.63) is 40.8 Å². The first-order valence-electron chi connectivity index (χ1n) is 5.10. The predicted molar refractivity (Wildman–Crippen MR) is 70.4 cm³/mol. The maximum Gasteiger partial charge on any atom is 0.205 e. The Kier molecular flexibility index (Phi) is 7.46. The van der Waals surface area contributed by atoms with Gasteiger partial charge in [-0.2, -0.15) is 0 Å². The van der Waals surface area contributed by atoms with Crippen LogP contribution in [-0.2, 0) is 0 Å². The first kappa shape index (κ1) is 14.8. The van der Waals surface area contributed by atoms with Gasteiger partial charge in [0.05, 0.1) is 0 Å². The number of carbonyl (C=O) groups is 1. The van der Waals surface area contributed by atoms with Crippen LogP contribution in [0, 0.1) is 0 Å². The average molecular weight is 285 g/mol. The number of hydrogen-bond donors (Lipinski definition) is 0. The highest BCUT2D eigenvalue weighted by molar-refractivity contribution is 9.10. The van der Waals surface area contributed by atoms with Gasteiger partial charge in [-0.1, -0.05) is 29.8 Å². The fourth-order valence-corrected chi connectivity index (χ4v) is 1.18. The van der Waals surface area contributed by atoms with E-state index >= 15 is 0 Å². The molecule has 88 valence electrons. The lowest BCUT2D eigenvalue weighted by atomic mass is 10.2. The van der Waals surface area contributed by atoms with Gasteiger partial charge in [-0.15, -0.1) is 0 Å². The lowest BCUT2D eigenvalue weighted by molar-refractivity contribution is 0.104. The molecule has 0 spiro atoms. The zero-order valence-electron chi connectivity index (χ0n) is 10.1. The molecule has 1 heterocycles. The lowest BCUT2D eigenvalue weighted by Gasteiger charge is -2.02. The number of pyridine rings is 1. The van der Waals surface area contributed by atoms with Crippen LogP contribution in [-0.4, -0.2) is 29.8 Å². The molecule has 0 amide bonds. The number of rotatable bonds is 3. The summed E-state index contributed by atoms with van der Waals surface area (Å²) in [7, 11) is 3.72. The molecule has 0 aliphatic carbocycles. The molecule has 1 aromatic heterocycles. The van der Waals surface area contributed by atoms with Crippen molar-refractivity contribution in [3.8, 4) is 0 Å². The minimum atomic E-state index is -0.0972. The Morgan fingerprint density at radius 1 is 1.44 bits per heavy atom. The molecule has 0 N–H and O–H groups in total. The zero-order valence-corrected chi connectivity index (χ0v) is 11.7. The van der Waals surface area contributed by atoms with Gasteiger partial charge in [-0.3, -0.25) is 9.78 Å². The third kappa shape index (κ3) is 5.66. The Bertz CT molecular complexity index is 362. The van der Waals surface area contributed by atoms with Crippen LogP contribution in [0.15, 0.2) is 35.1 Å². The Balaban J connectivity index is 0.00000106. The normalized spacial score (nSPS) is 9.56. The van der Waals surface area contributed by atoms with Crippen molar-refractivity contribution in [2.75, 3.05) is 14.1 Å². The van der Waals surface area contributed by atoms with Gasteiger partial charge < -0.3 is 4.90 Å². The van der Waals surface area contributed by atoms with Crippen LogP contribution in [0.3, 0.4) is 0 Å². The maximum atomic E-state index is 11.5. The van der Waals surface area contributed by atoms with Crippen molar-refractivity contribution in [2.45, 2.75) is 13.8 Å². The van der Waals surface area contributed by atoms with Gasteiger partial charge in [0.25, 0.3) is 0 Å². The molecule has 0 aliphatic heterocycles. The summed E-state index contributed by atoms with van der Waals surface area (Å²) in [6, 6.07) is 3.48. The summed E-state index contributed by atoms with van der Waals surface area (Å²) in [6.07, 6.45) is 4.79. The molecule has 3 nitrogen and oxygen atoms in total. The molecular weight excluding hydrogens is 268 g/mol. The van der Waals surface area contributed by atoms with Crippen molar-refractivity contribution in [1.82, 2.24) is 9.88 Å². The highest BCUT2D eigenvalue weighted by Gasteiger charge is 2.02. The fraction of sp³-hybridized carbons (Fsp3) is 0.333. The number of aromatic nitrogens is 1. The highest BCUT2D eigenvalue weighted by Crippen LogP contribution is 2.09. The first-order valence-corrected chi connectivity index (χ1v) is 5.89. The second kappa shape index (κ2) is 8.05. The molecule has 4 heteroatoms. The van der Waals surface area contributed by atoms with Gasteiger partial charge in [0, 0.05) is 37.0 Å². The minimum absolute atomic E-state index is 0.0972. The van der Waals surface area contributed by atoms with E-state index in [2.05, 4.69) is 20.9 Å². The van der Waals surface area contributed by atoms with Gasteiger partial charge in [-0.25, -0.2) is 0 Å². The monoisotopic (exact) mass is 284 g/mol. The standard InChI is InChI=1S/C10H11BrN2O.C2H6/c1-13(2)6-4-10(14)9-7-8(11)3-5-12-9;1-2/h3-7H,1-2H3;1-2H3/b6-4+;. The number of nitrogens with zero attached hydrogens (tertiary/aromatic N) is 2. The van der Waals surface area contributed by atoms with Gasteiger partial charge >= 0.3 is 0 Å². The molecule has 0 unspecified atom stereocenters. The van der Waals surface area contributed by atoms with Gasteiger partial charge in [-0.05, 0) is 12.1 Å². The van der Waals surface area contributed by atoms with Crippen LogP contribution >= 0.6 is 15.9 Å². The van der Waals surface area contributed by atoms with Crippen LogP contribution in [0.25, 0.3) is 0 Å². The van der Waals surface area contributed by atoms with Crippen LogP contribution in [0.4, 0.5) is 0 Å². The number of allylic oxidation sites excluding steroid dienone is 1. The third-order valence-electron chi connectivity index (χ3n) is 1.50. The first-order chi connectivity index (χ1) is 7.59. The number of carbonyl (C=O) groups excluding carboxylic acids is 1. The topological polar surface area (TPSA) is 33.2 Å². The van der Waals surface area contributed by atoms with Gasteiger partial charge in [0.15, 0.2) is 0 Å². The molecule has 16 heavy (non-hydrogen) atoms. The molecule has 0 saturated heterocycles. The van der Waals surface area contributed by atoms with Crippen molar-refractivity contribution in [3.63, 3.8) is 0 Å². The van der Waals surface area contributed by atoms with E-state index in [0.717, 1.165) is 4.47 Å².